The minimum atomic E-state index is -1.99. The van der Waals surface area contributed by atoms with E-state index in [4.69, 9.17) is 13.0 Å². The van der Waals surface area contributed by atoms with Gasteiger partial charge in [0.05, 0.1) is 6.61 Å². The zero-order valence-electron chi connectivity index (χ0n) is 15.3. The van der Waals surface area contributed by atoms with Crippen molar-refractivity contribution in [3.05, 3.63) is 12.2 Å². The van der Waals surface area contributed by atoms with Gasteiger partial charge in [0.1, 0.15) is 9.76 Å². The third-order valence-corrected chi connectivity index (χ3v) is 13.3. The minimum Gasteiger partial charge on any atom is -0.462 e. The maximum atomic E-state index is 11.3. The second kappa shape index (κ2) is 10.5. The first kappa shape index (κ1) is 21.8. The van der Waals surface area contributed by atoms with Crippen LogP contribution in [0.4, 0.5) is 0 Å². The fourth-order valence-corrected chi connectivity index (χ4v) is 12.9. The highest BCUT2D eigenvalue weighted by Gasteiger charge is 2.33. The molecule has 0 unspecified atom stereocenters. The van der Waals surface area contributed by atoms with Crippen molar-refractivity contribution in [2.45, 2.75) is 71.4 Å². The van der Waals surface area contributed by atoms with E-state index in [2.05, 4.69) is 39.7 Å². The average molecular weight is 363 g/mol. The van der Waals surface area contributed by atoms with Gasteiger partial charge in [-0.2, -0.15) is 0 Å². The molecule has 0 aliphatic rings. The Labute approximate surface area is 140 Å². The topological polar surface area (TPSA) is 44.8 Å². The largest absolute Gasteiger partial charge is 0.462 e. The van der Waals surface area contributed by atoms with E-state index in [0.29, 0.717) is 12.2 Å². The van der Waals surface area contributed by atoms with Gasteiger partial charge in [-0.05, 0) is 51.6 Å². The van der Waals surface area contributed by atoms with Crippen molar-refractivity contribution in [3.63, 3.8) is 0 Å². The van der Waals surface area contributed by atoms with Gasteiger partial charge in [-0.3, -0.25) is 0 Å². The number of hydrogen-bond acceptors (Lipinski definition) is 4. The molecule has 0 radical (unpaired) electrons. The third-order valence-electron chi connectivity index (χ3n) is 3.22. The SMILES string of the molecule is C=C(C)C(=O)OCCC[Si](C)(C)O[Si](C)(C)O[SiH2]CCCC. The van der Waals surface area contributed by atoms with E-state index in [0.717, 1.165) is 12.5 Å². The lowest BCUT2D eigenvalue weighted by molar-refractivity contribution is -0.138. The minimum absolute atomic E-state index is 0.305. The molecule has 0 aliphatic heterocycles. The monoisotopic (exact) mass is 362 g/mol. The van der Waals surface area contributed by atoms with Crippen LogP contribution < -0.4 is 0 Å². The van der Waals surface area contributed by atoms with Crippen molar-refractivity contribution in [3.8, 4) is 0 Å². The fraction of sp³-hybridized carbons (Fsp3) is 0.800. The number of unbranched alkanes of at least 4 members (excludes halogenated alkanes) is 1. The Bertz CT molecular complexity index is 357. The van der Waals surface area contributed by atoms with E-state index in [1.165, 1.54) is 18.9 Å². The number of carbonyl (C=O) groups excluding carboxylic acids is 1. The normalized spacial score (nSPS) is 12.8. The van der Waals surface area contributed by atoms with Gasteiger partial charge in [-0.25, -0.2) is 4.79 Å². The first-order valence-corrected chi connectivity index (χ1v) is 15.8. The lowest BCUT2D eigenvalue weighted by Crippen LogP contribution is -2.47. The number of esters is 1. The predicted octanol–water partition coefficient (Wildman–Crippen LogP) is 3.74. The molecule has 7 heteroatoms. The fourth-order valence-electron chi connectivity index (χ4n) is 2.20. The highest BCUT2D eigenvalue weighted by Crippen LogP contribution is 2.21. The molecule has 22 heavy (non-hydrogen) atoms. The van der Waals surface area contributed by atoms with Crippen LogP contribution in [0.3, 0.4) is 0 Å². The van der Waals surface area contributed by atoms with Crippen LogP contribution in [-0.4, -0.2) is 39.2 Å². The van der Waals surface area contributed by atoms with Gasteiger partial charge in [0.15, 0.2) is 8.32 Å². The summed E-state index contributed by atoms with van der Waals surface area (Å²) in [6.07, 6.45) is 3.35. The molecule has 0 spiro atoms. The number of rotatable bonds is 12. The van der Waals surface area contributed by atoms with Gasteiger partial charge in [0.2, 0.25) is 0 Å². The van der Waals surface area contributed by atoms with Gasteiger partial charge >= 0.3 is 14.5 Å². The highest BCUT2D eigenvalue weighted by atomic mass is 28.5. The van der Waals surface area contributed by atoms with Gasteiger partial charge in [0.25, 0.3) is 0 Å². The molecule has 0 rings (SSSR count). The van der Waals surface area contributed by atoms with Crippen molar-refractivity contribution in [2.75, 3.05) is 6.61 Å². The summed E-state index contributed by atoms with van der Waals surface area (Å²) >= 11 is 0. The lowest BCUT2D eigenvalue weighted by Gasteiger charge is -2.33. The molecule has 130 valence electrons. The zero-order valence-corrected chi connectivity index (χ0v) is 18.7. The third kappa shape index (κ3) is 11.4. The van der Waals surface area contributed by atoms with Crippen molar-refractivity contribution >= 4 is 32.6 Å². The average Bonchev–Trinajstić information content (AvgIpc) is 2.38. The Morgan fingerprint density at radius 2 is 1.82 bits per heavy atom. The Morgan fingerprint density at radius 3 is 2.36 bits per heavy atom. The summed E-state index contributed by atoms with van der Waals surface area (Å²) in [5.41, 5.74) is 0.451. The smallest absolute Gasteiger partial charge is 0.333 e. The summed E-state index contributed by atoms with van der Waals surface area (Å²) in [6, 6.07) is 2.22. The summed E-state index contributed by atoms with van der Waals surface area (Å²) in [7, 11) is -4.18. The summed E-state index contributed by atoms with van der Waals surface area (Å²) in [5.74, 6) is -0.305. The van der Waals surface area contributed by atoms with Crippen LogP contribution >= 0.6 is 0 Å². The van der Waals surface area contributed by atoms with E-state index in [1.807, 2.05) is 0 Å². The molecule has 0 heterocycles. The maximum absolute atomic E-state index is 11.3. The molecule has 0 atom stereocenters. The van der Waals surface area contributed by atoms with E-state index in [1.54, 1.807) is 6.92 Å². The van der Waals surface area contributed by atoms with Gasteiger partial charge in [0, 0.05) is 5.57 Å². The van der Waals surface area contributed by atoms with Crippen LogP contribution in [0, 0.1) is 0 Å². The van der Waals surface area contributed by atoms with E-state index in [-0.39, 0.29) is 5.97 Å². The number of hydrogen-bond donors (Lipinski definition) is 0. The van der Waals surface area contributed by atoms with Gasteiger partial charge < -0.3 is 13.0 Å². The first-order chi connectivity index (χ1) is 10.1. The molecule has 0 aliphatic carbocycles. The van der Waals surface area contributed by atoms with Crippen LogP contribution in [0.1, 0.15) is 33.1 Å². The predicted molar refractivity (Wildman–Crippen MR) is 101 cm³/mol. The second-order valence-corrected chi connectivity index (χ2v) is 16.7. The highest BCUT2D eigenvalue weighted by molar-refractivity contribution is 6.83. The molecule has 0 fully saturated rings. The summed E-state index contributed by atoms with van der Waals surface area (Å²) in [6.45, 7) is 16.6. The quantitative estimate of drug-likeness (QED) is 0.230. The van der Waals surface area contributed by atoms with Crippen molar-refractivity contribution in [1.29, 1.82) is 0 Å². The molecule has 0 aromatic rings. The molecule has 0 saturated carbocycles. The molecule has 0 aromatic heterocycles. The molecule has 0 N–H and O–H groups in total. The Balaban J connectivity index is 4.05. The number of carbonyl (C=O) groups is 1. The molecular formula is C15H34O4Si3. The zero-order chi connectivity index (χ0) is 17.2. The van der Waals surface area contributed by atoms with Crippen molar-refractivity contribution in [2.24, 2.45) is 0 Å². The Kier molecular flexibility index (Phi) is 10.4. The molecular weight excluding hydrogens is 328 g/mol. The summed E-state index contributed by atoms with van der Waals surface area (Å²) < 4.78 is 17.7. The van der Waals surface area contributed by atoms with Gasteiger partial charge in [-0.1, -0.05) is 26.3 Å². The summed E-state index contributed by atoms with van der Waals surface area (Å²) in [4.78, 5) is 11.3. The van der Waals surface area contributed by atoms with Crippen LogP contribution in [0.25, 0.3) is 0 Å². The molecule has 0 amide bonds. The molecule has 0 aromatic carbocycles. The first-order valence-electron chi connectivity index (χ1n) is 8.26. The van der Waals surface area contributed by atoms with Crippen molar-refractivity contribution in [1.82, 2.24) is 0 Å². The molecule has 0 saturated heterocycles. The number of ether oxygens (including phenoxy) is 1. The molecule has 4 nitrogen and oxygen atoms in total. The standard InChI is InChI=1S/C15H34O4Si3/c1-8-9-12-20-18-22(6,7)19-21(4,5)13-10-11-17-15(16)14(2)3/h2,8-13,20H2,1,3-7H3. The van der Waals surface area contributed by atoms with Crippen LogP contribution in [0.5, 0.6) is 0 Å². The van der Waals surface area contributed by atoms with E-state index >= 15 is 0 Å². The van der Waals surface area contributed by atoms with E-state index in [9.17, 15) is 4.79 Å². The molecule has 0 bridgehead atoms. The Hall–Kier alpha value is -0.219. The second-order valence-electron chi connectivity index (χ2n) is 6.84. The van der Waals surface area contributed by atoms with E-state index < -0.39 is 26.6 Å². The van der Waals surface area contributed by atoms with Crippen LogP contribution in [0.15, 0.2) is 12.2 Å². The van der Waals surface area contributed by atoms with Crippen LogP contribution in [0.2, 0.25) is 38.3 Å². The van der Waals surface area contributed by atoms with Gasteiger partial charge in [-0.15, -0.1) is 0 Å². The van der Waals surface area contributed by atoms with Crippen molar-refractivity contribution < 1.29 is 17.8 Å². The lowest BCUT2D eigenvalue weighted by atomic mass is 10.4. The van der Waals surface area contributed by atoms with Crippen LogP contribution in [-0.2, 0) is 17.8 Å². The Morgan fingerprint density at radius 1 is 1.18 bits per heavy atom. The maximum Gasteiger partial charge on any atom is 0.333 e. The summed E-state index contributed by atoms with van der Waals surface area (Å²) in [5, 5.41) is 0.